The van der Waals surface area contributed by atoms with Gasteiger partial charge in [0.1, 0.15) is 11.3 Å². The molecular weight excluding hydrogens is 458 g/mol. The lowest BCUT2D eigenvalue weighted by Gasteiger charge is -2.09. The Hall–Kier alpha value is -2.90. The zero-order chi connectivity index (χ0) is 20.4. The van der Waals surface area contributed by atoms with E-state index >= 15 is 0 Å². The fraction of sp³-hybridized carbons (Fsp3) is 0.0952. The number of fused-ring (bicyclic) bond motifs is 1. The molecule has 0 bridgehead atoms. The van der Waals surface area contributed by atoms with Crippen molar-refractivity contribution in [3.63, 3.8) is 0 Å². The number of aromatic nitrogens is 2. The first-order chi connectivity index (χ1) is 14.0. The zero-order valence-electron chi connectivity index (χ0n) is 15.3. The smallest absolute Gasteiger partial charge is 0.262 e. The summed E-state index contributed by atoms with van der Waals surface area (Å²) in [7, 11) is 0. The highest BCUT2D eigenvalue weighted by Gasteiger charge is 2.11. The SMILES string of the molecule is Cc1cc(Cl)ccc1OCC(=O)Nc1ccc2oc(-c3cncc(Br)c3)nc2c1. The average Bonchev–Trinajstić information content (AvgIpc) is 3.11. The monoisotopic (exact) mass is 471 g/mol. The third-order valence-corrected chi connectivity index (χ3v) is 4.79. The summed E-state index contributed by atoms with van der Waals surface area (Å²) >= 11 is 9.31. The lowest BCUT2D eigenvalue weighted by molar-refractivity contribution is -0.118. The first-order valence-electron chi connectivity index (χ1n) is 8.68. The molecule has 0 unspecified atom stereocenters. The number of carbonyl (C=O) groups excluding carboxylic acids is 1. The van der Waals surface area contributed by atoms with Crippen molar-refractivity contribution >= 4 is 50.2 Å². The van der Waals surface area contributed by atoms with Gasteiger partial charge in [-0.25, -0.2) is 4.98 Å². The number of nitrogens with zero attached hydrogens (tertiary/aromatic N) is 2. The van der Waals surface area contributed by atoms with Crippen LogP contribution in [-0.2, 0) is 4.79 Å². The highest BCUT2D eigenvalue weighted by molar-refractivity contribution is 9.10. The van der Waals surface area contributed by atoms with E-state index in [0.717, 1.165) is 15.6 Å². The lowest BCUT2D eigenvalue weighted by atomic mass is 10.2. The molecular formula is C21H15BrClN3O3. The van der Waals surface area contributed by atoms with Gasteiger partial charge in [-0.2, -0.15) is 0 Å². The van der Waals surface area contributed by atoms with Crippen LogP contribution in [0.5, 0.6) is 5.75 Å². The van der Waals surface area contributed by atoms with Gasteiger partial charge in [0.25, 0.3) is 5.91 Å². The molecule has 0 atom stereocenters. The molecule has 29 heavy (non-hydrogen) atoms. The minimum absolute atomic E-state index is 0.117. The van der Waals surface area contributed by atoms with E-state index in [-0.39, 0.29) is 12.5 Å². The summed E-state index contributed by atoms with van der Waals surface area (Å²) in [6, 6.07) is 12.4. The third-order valence-electron chi connectivity index (χ3n) is 4.12. The van der Waals surface area contributed by atoms with Crippen LogP contribution in [0.3, 0.4) is 0 Å². The molecule has 0 aliphatic carbocycles. The van der Waals surface area contributed by atoms with Gasteiger partial charge in [0.2, 0.25) is 5.89 Å². The number of anilines is 1. The van der Waals surface area contributed by atoms with Gasteiger partial charge in [-0.05, 0) is 70.9 Å². The second-order valence-corrected chi connectivity index (χ2v) is 7.69. The molecule has 2 aromatic carbocycles. The molecule has 0 spiro atoms. The molecule has 146 valence electrons. The van der Waals surface area contributed by atoms with Gasteiger partial charge in [-0.15, -0.1) is 0 Å². The van der Waals surface area contributed by atoms with Gasteiger partial charge < -0.3 is 14.5 Å². The molecule has 8 heteroatoms. The van der Waals surface area contributed by atoms with E-state index in [4.69, 9.17) is 20.8 Å². The van der Waals surface area contributed by atoms with E-state index in [1.54, 1.807) is 48.8 Å². The number of amides is 1. The number of pyridine rings is 1. The Morgan fingerprint density at radius 3 is 2.86 bits per heavy atom. The summed E-state index contributed by atoms with van der Waals surface area (Å²) < 4.78 is 12.2. The molecule has 0 radical (unpaired) electrons. The van der Waals surface area contributed by atoms with E-state index in [1.807, 2.05) is 13.0 Å². The van der Waals surface area contributed by atoms with Gasteiger partial charge in [0.05, 0.1) is 5.56 Å². The Bertz CT molecular complexity index is 1210. The first kappa shape index (κ1) is 19.4. The summed E-state index contributed by atoms with van der Waals surface area (Å²) in [5, 5.41) is 3.43. The Balaban J connectivity index is 1.46. The molecule has 4 aromatic rings. The van der Waals surface area contributed by atoms with Crippen LogP contribution in [0.4, 0.5) is 5.69 Å². The fourth-order valence-corrected chi connectivity index (χ4v) is 3.36. The number of ether oxygens (including phenoxy) is 1. The molecule has 0 aliphatic rings. The Labute approximate surface area is 180 Å². The van der Waals surface area contributed by atoms with Gasteiger partial charge in [-0.1, -0.05) is 11.6 Å². The minimum Gasteiger partial charge on any atom is -0.483 e. The Morgan fingerprint density at radius 1 is 1.21 bits per heavy atom. The summed E-state index contributed by atoms with van der Waals surface area (Å²) in [5.41, 5.74) is 3.47. The topological polar surface area (TPSA) is 77.2 Å². The highest BCUT2D eigenvalue weighted by atomic mass is 79.9. The van der Waals surface area contributed by atoms with E-state index < -0.39 is 0 Å². The second-order valence-electron chi connectivity index (χ2n) is 6.34. The van der Waals surface area contributed by atoms with Crippen LogP contribution >= 0.6 is 27.5 Å². The third kappa shape index (κ3) is 4.58. The van der Waals surface area contributed by atoms with Crippen LogP contribution in [0, 0.1) is 6.92 Å². The van der Waals surface area contributed by atoms with Crippen LogP contribution in [-0.4, -0.2) is 22.5 Å². The number of carbonyl (C=O) groups is 1. The van der Waals surface area contributed by atoms with Crippen molar-refractivity contribution in [2.75, 3.05) is 11.9 Å². The number of nitrogens with one attached hydrogen (secondary N) is 1. The number of rotatable bonds is 5. The molecule has 0 saturated carbocycles. The van der Waals surface area contributed by atoms with Gasteiger partial charge in [0, 0.05) is 27.6 Å². The van der Waals surface area contributed by atoms with Crippen LogP contribution in [0.1, 0.15) is 5.56 Å². The van der Waals surface area contributed by atoms with E-state index in [1.165, 1.54) is 0 Å². The van der Waals surface area contributed by atoms with E-state index in [2.05, 4.69) is 31.2 Å². The fourth-order valence-electron chi connectivity index (χ4n) is 2.77. The molecule has 2 aromatic heterocycles. The Kier molecular flexibility index (Phi) is 5.51. The molecule has 0 aliphatic heterocycles. The molecule has 6 nitrogen and oxygen atoms in total. The van der Waals surface area contributed by atoms with Crippen molar-refractivity contribution in [2.45, 2.75) is 6.92 Å². The Morgan fingerprint density at radius 2 is 2.07 bits per heavy atom. The normalized spacial score (nSPS) is 10.9. The van der Waals surface area contributed by atoms with Gasteiger partial charge in [0.15, 0.2) is 12.2 Å². The van der Waals surface area contributed by atoms with Crippen LogP contribution in [0.2, 0.25) is 5.02 Å². The highest BCUT2D eigenvalue weighted by Crippen LogP contribution is 2.27. The van der Waals surface area contributed by atoms with Crippen LogP contribution in [0.15, 0.2) is 63.7 Å². The predicted molar refractivity (Wildman–Crippen MR) is 115 cm³/mol. The maximum atomic E-state index is 12.2. The van der Waals surface area contributed by atoms with Crippen molar-refractivity contribution in [3.05, 3.63) is 69.9 Å². The molecule has 1 amide bonds. The number of halogens is 2. The average molecular weight is 473 g/mol. The number of hydrogen-bond donors (Lipinski definition) is 1. The molecule has 2 heterocycles. The number of oxazole rings is 1. The van der Waals surface area contributed by atoms with Crippen molar-refractivity contribution in [1.82, 2.24) is 9.97 Å². The van der Waals surface area contributed by atoms with Crippen molar-refractivity contribution in [2.24, 2.45) is 0 Å². The largest absolute Gasteiger partial charge is 0.483 e. The standard InChI is InChI=1S/C21H15BrClN3O3/c1-12-6-15(23)2-4-18(12)28-11-20(27)25-16-3-5-19-17(8-16)26-21(29-19)13-7-14(22)10-24-9-13/h2-10H,11H2,1H3,(H,25,27). The molecule has 0 saturated heterocycles. The molecule has 4 rings (SSSR count). The maximum Gasteiger partial charge on any atom is 0.262 e. The predicted octanol–water partition coefficient (Wildman–Crippen LogP) is 5.63. The first-order valence-corrected chi connectivity index (χ1v) is 9.85. The summed E-state index contributed by atoms with van der Waals surface area (Å²) in [6.07, 6.45) is 3.36. The van der Waals surface area contributed by atoms with E-state index in [0.29, 0.717) is 33.4 Å². The van der Waals surface area contributed by atoms with Gasteiger partial charge >= 0.3 is 0 Å². The summed E-state index contributed by atoms with van der Waals surface area (Å²) in [6.45, 7) is 1.75. The number of aryl methyl sites for hydroxylation is 1. The van der Waals surface area contributed by atoms with Crippen molar-refractivity contribution in [1.29, 1.82) is 0 Å². The van der Waals surface area contributed by atoms with Gasteiger partial charge in [-0.3, -0.25) is 9.78 Å². The number of hydrogen-bond acceptors (Lipinski definition) is 5. The zero-order valence-corrected chi connectivity index (χ0v) is 17.6. The van der Waals surface area contributed by atoms with Crippen LogP contribution in [0.25, 0.3) is 22.6 Å². The summed E-state index contributed by atoms with van der Waals surface area (Å²) in [5.74, 6) is 0.793. The quantitative estimate of drug-likeness (QED) is 0.407. The second kappa shape index (κ2) is 8.23. The molecule has 0 fully saturated rings. The maximum absolute atomic E-state index is 12.2. The van der Waals surface area contributed by atoms with Crippen LogP contribution < -0.4 is 10.1 Å². The van der Waals surface area contributed by atoms with Crippen molar-refractivity contribution in [3.8, 4) is 17.2 Å². The minimum atomic E-state index is -0.279. The molecule has 1 N–H and O–H groups in total. The number of benzene rings is 2. The summed E-state index contributed by atoms with van der Waals surface area (Å²) in [4.78, 5) is 20.8. The van der Waals surface area contributed by atoms with Crippen molar-refractivity contribution < 1.29 is 13.9 Å². The van der Waals surface area contributed by atoms with E-state index in [9.17, 15) is 4.79 Å². The lowest BCUT2D eigenvalue weighted by Crippen LogP contribution is -2.20.